The lowest BCUT2D eigenvalue weighted by molar-refractivity contribution is -0.137. The summed E-state index contributed by atoms with van der Waals surface area (Å²) in [5.74, 6) is -1.37. The molecule has 26 heavy (non-hydrogen) atoms. The molecule has 0 saturated carbocycles. The van der Waals surface area contributed by atoms with Crippen molar-refractivity contribution in [1.29, 1.82) is 0 Å². The van der Waals surface area contributed by atoms with E-state index >= 15 is 0 Å². The van der Waals surface area contributed by atoms with Gasteiger partial charge in [0.15, 0.2) is 0 Å². The van der Waals surface area contributed by atoms with Gasteiger partial charge in [0, 0.05) is 30.6 Å². The van der Waals surface area contributed by atoms with Crippen LogP contribution in [0.1, 0.15) is 56.5 Å². The second-order valence-corrected chi connectivity index (χ2v) is 8.71. The summed E-state index contributed by atoms with van der Waals surface area (Å²) >= 11 is 0. The number of aliphatic carboxylic acids is 1. The predicted octanol–water partition coefficient (Wildman–Crippen LogP) is 2.40. The highest BCUT2D eigenvalue weighted by Gasteiger charge is 2.26. The zero-order chi connectivity index (χ0) is 20.1. The molecule has 7 nitrogen and oxygen atoms in total. The minimum absolute atomic E-state index is 0.0667. The first-order chi connectivity index (χ1) is 11.9. The number of carbonyl (C=O) groups is 2. The minimum atomic E-state index is -3.68. The van der Waals surface area contributed by atoms with Crippen LogP contribution in [0.3, 0.4) is 0 Å². The van der Waals surface area contributed by atoms with Crippen molar-refractivity contribution in [2.75, 3.05) is 13.1 Å². The van der Waals surface area contributed by atoms with E-state index in [4.69, 9.17) is 5.11 Å². The predicted molar refractivity (Wildman–Crippen MR) is 99.7 cm³/mol. The molecule has 0 unspecified atom stereocenters. The van der Waals surface area contributed by atoms with Crippen LogP contribution in [0.2, 0.25) is 0 Å². The lowest BCUT2D eigenvalue weighted by Gasteiger charge is -2.26. The molecule has 8 heteroatoms. The maximum Gasteiger partial charge on any atom is 0.303 e. The molecule has 0 heterocycles. The van der Waals surface area contributed by atoms with Crippen molar-refractivity contribution in [3.8, 4) is 0 Å². The Balaban J connectivity index is 3.13. The van der Waals surface area contributed by atoms with E-state index < -0.39 is 27.4 Å². The van der Waals surface area contributed by atoms with Crippen molar-refractivity contribution >= 4 is 21.9 Å². The molecule has 0 aliphatic carbocycles. The molecule has 1 aromatic rings. The third-order valence-corrected chi connectivity index (χ3v) is 6.38. The number of carboxylic acid groups (broad SMARTS) is 1. The standard InChI is InChI=1S/C18H28N2O5S/c1-6-20(7-2)26(24,25)15-12-14(9-8-13(15)3)17(23)19-18(4,5)11-10-16(21)22/h8-9,12H,6-7,10-11H2,1-5H3,(H,19,23)(H,21,22). The second-order valence-electron chi connectivity index (χ2n) is 6.80. The fourth-order valence-corrected chi connectivity index (χ4v) is 4.29. The largest absolute Gasteiger partial charge is 0.481 e. The molecule has 0 aliphatic rings. The summed E-state index contributed by atoms with van der Waals surface area (Å²) in [5, 5.41) is 11.6. The third kappa shape index (κ3) is 5.54. The Morgan fingerprint density at radius 3 is 2.27 bits per heavy atom. The normalized spacial score (nSPS) is 12.2. The average molecular weight is 384 g/mol. The first-order valence-corrected chi connectivity index (χ1v) is 10.0. The molecular weight excluding hydrogens is 356 g/mol. The van der Waals surface area contributed by atoms with E-state index in [0.29, 0.717) is 18.7 Å². The van der Waals surface area contributed by atoms with Gasteiger partial charge in [0.1, 0.15) is 0 Å². The van der Waals surface area contributed by atoms with Crippen LogP contribution in [-0.4, -0.2) is 48.3 Å². The van der Waals surface area contributed by atoms with Crippen molar-refractivity contribution in [2.45, 2.75) is 57.9 Å². The van der Waals surface area contributed by atoms with Crippen LogP contribution in [0.4, 0.5) is 0 Å². The molecule has 146 valence electrons. The summed E-state index contributed by atoms with van der Waals surface area (Å²) in [6, 6.07) is 4.56. The number of nitrogens with zero attached hydrogens (tertiary/aromatic N) is 1. The van der Waals surface area contributed by atoms with E-state index in [0.717, 1.165) is 0 Å². The monoisotopic (exact) mass is 384 g/mol. The van der Waals surface area contributed by atoms with Crippen molar-refractivity contribution in [2.24, 2.45) is 0 Å². The number of sulfonamides is 1. The van der Waals surface area contributed by atoms with Crippen LogP contribution in [0, 0.1) is 6.92 Å². The first-order valence-electron chi connectivity index (χ1n) is 8.59. The summed E-state index contributed by atoms with van der Waals surface area (Å²) in [4.78, 5) is 23.4. The number of carboxylic acids is 1. The van der Waals surface area contributed by atoms with E-state index in [1.807, 2.05) is 0 Å². The Morgan fingerprint density at radius 1 is 1.19 bits per heavy atom. The van der Waals surface area contributed by atoms with Gasteiger partial charge in [-0.1, -0.05) is 19.9 Å². The molecule has 2 N–H and O–H groups in total. The van der Waals surface area contributed by atoms with Gasteiger partial charge in [0.25, 0.3) is 5.91 Å². The maximum atomic E-state index is 12.8. The van der Waals surface area contributed by atoms with Gasteiger partial charge >= 0.3 is 5.97 Å². The number of rotatable bonds is 9. The molecule has 0 saturated heterocycles. The van der Waals surface area contributed by atoms with Gasteiger partial charge in [0.2, 0.25) is 10.0 Å². The highest BCUT2D eigenvalue weighted by Crippen LogP contribution is 2.22. The van der Waals surface area contributed by atoms with Crippen LogP contribution < -0.4 is 5.32 Å². The van der Waals surface area contributed by atoms with E-state index in [1.54, 1.807) is 46.8 Å². The van der Waals surface area contributed by atoms with E-state index in [1.165, 1.54) is 10.4 Å². The highest BCUT2D eigenvalue weighted by molar-refractivity contribution is 7.89. The quantitative estimate of drug-likeness (QED) is 0.680. The molecule has 0 bridgehead atoms. The molecule has 0 radical (unpaired) electrons. The summed E-state index contributed by atoms with van der Waals surface area (Å²) in [5.41, 5.74) is 0.0708. The van der Waals surface area contributed by atoms with Crippen molar-refractivity contribution in [3.63, 3.8) is 0 Å². The van der Waals surface area contributed by atoms with Crippen molar-refractivity contribution in [3.05, 3.63) is 29.3 Å². The molecule has 1 aromatic carbocycles. The molecule has 0 aliphatic heterocycles. The topological polar surface area (TPSA) is 104 Å². The summed E-state index contributed by atoms with van der Waals surface area (Å²) in [6.45, 7) is 9.36. The number of aryl methyl sites for hydroxylation is 1. The smallest absolute Gasteiger partial charge is 0.303 e. The van der Waals surface area contributed by atoms with Gasteiger partial charge in [-0.05, 0) is 44.9 Å². The van der Waals surface area contributed by atoms with Gasteiger partial charge in [0.05, 0.1) is 4.90 Å². The Hall–Kier alpha value is -1.93. The van der Waals surface area contributed by atoms with Gasteiger partial charge < -0.3 is 10.4 Å². The fourth-order valence-electron chi connectivity index (χ4n) is 2.58. The zero-order valence-electron chi connectivity index (χ0n) is 16.0. The average Bonchev–Trinajstić information content (AvgIpc) is 2.53. The SMILES string of the molecule is CCN(CC)S(=O)(=O)c1cc(C(=O)NC(C)(C)CCC(=O)O)ccc1C. The lowest BCUT2D eigenvalue weighted by atomic mass is 9.97. The van der Waals surface area contributed by atoms with Crippen molar-refractivity contribution in [1.82, 2.24) is 9.62 Å². The highest BCUT2D eigenvalue weighted by atomic mass is 32.2. The molecule has 1 rings (SSSR count). The first kappa shape index (κ1) is 22.1. The number of carbonyl (C=O) groups excluding carboxylic acids is 1. The Bertz CT molecular complexity index is 768. The van der Waals surface area contributed by atoms with Gasteiger partial charge in [-0.15, -0.1) is 0 Å². The summed E-state index contributed by atoms with van der Waals surface area (Å²) < 4.78 is 26.9. The maximum absolute atomic E-state index is 12.8. The number of hydrogen-bond donors (Lipinski definition) is 2. The zero-order valence-corrected chi connectivity index (χ0v) is 16.8. The molecule has 0 atom stereocenters. The van der Waals surface area contributed by atoms with E-state index in [9.17, 15) is 18.0 Å². The Kier molecular flexibility index (Phi) is 7.35. The third-order valence-electron chi connectivity index (χ3n) is 4.19. The minimum Gasteiger partial charge on any atom is -0.481 e. The van der Waals surface area contributed by atoms with E-state index in [2.05, 4.69) is 5.32 Å². The van der Waals surface area contributed by atoms with E-state index in [-0.39, 0.29) is 23.3 Å². The second kappa shape index (κ2) is 8.64. The molecule has 0 aromatic heterocycles. The molecule has 0 spiro atoms. The van der Waals surface area contributed by atoms with Gasteiger partial charge in [-0.25, -0.2) is 8.42 Å². The number of amides is 1. The summed E-state index contributed by atoms with van der Waals surface area (Å²) in [6.07, 6.45) is 0.202. The van der Waals surface area contributed by atoms with Crippen LogP contribution in [0.5, 0.6) is 0 Å². The van der Waals surface area contributed by atoms with Gasteiger partial charge in [-0.3, -0.25) is 9.59 Å². The lowest BCUT2D eigenvalue weighted by Crippen LogP contribution is -2.43. The number of nitrogens with one attached hydrogen (secondary N) is 1. The molecule has 1 amide bonds. The van der Waals surface area contributed by atoms with Crippen molar-refractivity contribution < 1.29 is 23.1 Å². The molecular formula is C18H28N2O5S. The van der Waals surface area contributed by atoms with Crippen LogP contribution in [0.25, 0.3) is 0 Å². The van der Waals surface area contributed by atoms with Crippen LogP contribution >= 0.6 is 0 Å². The Labute approximate surface area is 155 Å². The van der Waals surface area contributed by atoms with Crippen LogP contribution in [-0.2, 0) is 14.8 Å². The number of hydrogen-bond acceptors (Lipinski definition) is 4. The fraction of sp³-hybridized carbons (Fsp3) is 0.556. The molecule has 0 fully saturated rings. The van der Waals surface area contributed by atoms with Gasteiger partial charge in [-0.2, -0.15) is 4.31 Å². The number of benzene rings is 1. The summed E-state index contributed by atoms with van der Waals surface area (Å²) in [7, 11) is -3.68. The Morgan fingerprint density at radius 2 is 1.77 bits per heavy atom. The van der Waals surface area contributed by atoms with Crippen LogP contribution in [0.15, 0.2) is 23.1 Å².